The summed E-state index contributed by atoms with van der Waals surface area (Å²) in [4.78, 5) is 0. The van der Waals surface area contributed by atoms with Crippen LogP contribution in [0.4, 0.5) is 0 Å². The molecule has 1 atom stereocenters. The third kappa shape index (κ3) is 6.93. The van der Waals surface area contributed by atoms with Gasteiger partial charge in [0.2, 0.25) is 0 Å². The van der Waals surface area contributed by atoms with Crippen LogP contribution in [0.2, 0.25) is 0 Å². The van der Waals surface area contributed by atoms with Crippen molar-refractivity contribution in [2.75, 3.05) is 40.1 Å². The fourth-order valence-corrected chi connectivity index (χ4v) is 2.20. The molecule has 0 saturated carbocycles. The largest absolute Gasteiger partial charge is 0.491 e. The second kappa shape index (κ2) is 11.5. The number of ether oxygens (including phenoxy) is 3. The van der Waals surface area contributed by atoms with E-state index in [0.717, 1.165) is 38.3 Å². The van der Waals surface area contributed by atoms with Gasteiger partial charge < -0.3 is 19.5 Å². The van der Waals surface area contributed by atoms with Gasteiger partial charge in [-0.15, -0.1) is 0 Å². The molecule has 0 saturated heterocycles. The first kappa shape index (κ1) is 18.0. The highest BCUT2D eigenvalue weighted by atomic mass is 16.5. The van der Waals surface area contributed by atoms with Crippen molar-refractivity contribution in [1.82, 2.24) is 5.32 Å². The van der Waals surface area contributed by atoms with E-state index in [1.807, 2.05) is 12.1 Å². The van der Waals surface area contributed by atoms with Crippen molar-refractivity contribution in [1.29, 1.82) is 0 Å². The number of para-hydroxylation sites is 1. The SMILES string of the molecule is CCCOCCC(NCC)c1ccccc1OCCOC. The molecule has 0 bridgehead atoms. The van der Waals surface area contributed by atoms with Gasteiger partial charge in [0.15, 0.2) is 0 Å². The fourth-order valence-electron chi connectivity index (χ4n) is 2.20. The first-order chi connectivity index (χ1) is 10.3. The highest BCUT2D eigenvalue weighted by molar-refractivity contribution is 5.36. The summed E-state index contributed by atoms with van der Waals surface area (Å²) in [5.41, 5.74) is 1.19. The minimum Gasteiger partial charge on any atom is -0.491 e. The van der Waals surface area contributed by atoms with Gasteiger partial charge >= 0.3 is 0 Å². The predicted octanol–water partition coefficient (Wildman–Crippen LogP) is 3.18. The van der Waals surface area contributed by atoms with Crippen molar-refractivity contribution in [2.45, 2.75) is 32.7 Å². The topological polar surface area (TPSA) is 39.7 Å². The monoisotopic (exact) mass is 295 g/mol. The van der Waals surface area contributed by atoms with E-state index in [1.54, 1.807) is 7.11 Å². The van der Waals surface area contributed by atoms with Gasteiger partial charge in [-0.25, -0.2) is 0 Å². The summed E-state index contributed by atoms with van der Waals surface area (Å²) in [5.74, 6) is 0.927. The maximum absolute atomic E-state index is 5.83. The average molecular weight is 295 g/mol. The number of hydrogen-bond acceptors (Lipinski definition) is 4. The molecule has 4 nitrogen and oxygen atoms in total. The van der Waals surface area contributed by atoms with Crippen LogP contribution in [0.1, 0.15) is 38.3 Å². The number of nitrogens with one attached hydrogen (secondary N) is 1. The van der Waals surface area contributed by atoms with E-state index in [2.05, 4.69) is 31.3 Å². The van der Waals surface area contributed by atoms with Crippen LogP contribution in [0.5, 0.6) is 5.75 Å². The zero-order chi connectivity index (χ0) is 15.3. The lowest BCUT2D eigenvalue weighted by atomic mass is 10.0. The Morgan fingerprint density at radius 2 is 1.86 bits per heavy atom. The lowest BCUT2D eigenvalue weighted by Crippen LogP contribution is -2.23. The van der Waals surface area contributed by atoms with E-state index in [0.29, 0.717) is 13.2 Å². The Morgan fingerprint density at radius 3 is 2.57 bits per heavy atom. The van der Waals surface area contributed by atoms with Crippen LogP contribution in [0.25, 0.3) is 0 Å². The van der Waals surface area contributed by atoms with Crippen LogP contribution >= 0.6 is 0 Å². The molecule has 0 heterocycles. The van der Waals surface area contributed by atoms with E-state index in [1.165, 1.54) is 5.56 Å². The number of rotatable bonds is 12. The maximum Gasteiger partial charge on any atom is 0.124 e. The molecule has 0 aliphatic rings. The van der Waals surface area contributed by atoms with Crippen LogP contribution in [0.15, 0.2) is 24.3 Å². The van der Waals surface area contributed by atoms with E-state index in [9.17, 15) is 0 Å². The van der Waals surface area contributed by atoms with Crippen LogP contribution < -0.4 is 10.1 Å². The molecule has 1 aromatic rings. The Balaban J connectivity index is 2.66. The van der Waals surface area contributed by atoms with E-state index >= 15 is 0 Å². The lowest BCUT2D eigenvalue weighted by Gasteiger charge is -2.21. The third-order valence-electron chi connectivity index (χ3n) is 3.19. The van der Waals surface area contributed by atoms with Gasteiger partial charge in [0, 0.05) is 31.9 Å². The Bertz CT molecular complexity index is 371. The smallest absolute Gasteiger partial charge is 0.124 e. The normalized spacial score (nSPS) is 12.3. The summed E-state index contributed by atoms with van der Waals surface area (Å²) in [5, 5.41) is 3.52. The quantitative estimate of drug-likeness (QED) is 0.601. The van der Waals surface area contributed by atoms with Crippen LogP contribution in [-0.4, -0.2) is 40.1 Å². The van der Waals surface area contributed by atoms with Crippen LogP contribution in [0, 0.1) is 0 Å². The third-order valence-corrected chi connectivity index (χ3v) is 3.19. The first-order valence-corrected chi connectivity index (χ1v) is 7.85. The minimum absolute atomic E-state index is 0.255. The maximum atomic E-state index is 5.83. The summed E-state index contributed by atoms with van der Waals surface area (Å²) >= 11 is 0. The van der Waals surface area contributed by atoms with Crippen molar-refractivity contribution >= 4 is 0 Å². The minimum atomic E-state index is 0.255. The highest BCUT2D eigenvalue weighted by Gasteiger charge is 2.15. The van der Waals surface area contributed by atoms with Gasteiger partial charge in [-0.05, 0) is 25.5 Å². The zero-order valence-electron chi connectivity index (χ0n) is 13.6. The molecule has 1 N–H and O–H groups in total. The lowest BCUT2D eigenvalue weighted by molar-refractivity contribution is 0.123. The number of benzene rings is 1. The van der Waals surface area contributed by atoms with Gasteiger partial charge in [0.05, 0.1) is 6.61 Å². The molecule has 0 fully saturated rings. The molecule has 0 aliphatic carbocycles. The highest BCUT2D eigenvalue weighted by Crippen LogP contribution is 2.27. The zero-order valence-corrected chi connectivity index (χ0v) is 13.6. The fraction of sp³-hybridized carbons (Fsp3) is 0.647. The van der Waals surface area contributed by atoms with Crippen LogP contribution in [-0.2, 0) is 9.47 Å². The average Bonchev–Trinajstić information content (AvgIpc) is 2.51. The second-order valence-corrected chi connectivity index (χ2v) is 4.89. The molecular formula is C17H29NO3. The molecule has 4 heteroatoms. The van der Waals surface area contributed by atoms with Gasteiger partial charge in [-0.2, -0.15) is 0 Å². The van der Waals surface area contributed by atoms with Crippen molar-refractivity contribution < 1.29 is 14.2 Å². The molecule has 1 unspecified atom stereocenters. The van der Waals surface area contributed by atoms with E-state index in [4.69, 9.17) is 14.2 Å². The van der Waals surface area contributed by atoms with Gasteiger partial charge in [0.1, 0.15) is 12.4 Å². The summed E-state index contributed by atoms with van der Waals surface area (Å²) in [6.07, 6.45) is 2.00. The Labute approximate surface area is 128 Å². The molecule has 0 aromatic heterocycles. The van der Waals surface area contributed by atoms with Crippen molar-refractivity contribution in [3.63, 3.8) is 0 Å². The molecule has 0 spiro atoms. The molecule has 0 aliphatic heterocycles. The number of hydrogen-bond donors (Lipinski definition) is 1. The molecule has 1 rings (SSSR count). The number of methoxy groups -OCH3 is 1. The summed E-state index contributed by atoms with van der Waals surface area (Å²) in [7, 11) is 1.68. The van der Waals surface area contributed by atoms with Crippen molar-refractivity contribution in [2.24, 2.45) is 0 Å². The Hall–Kier alpha value is -1.10. The van der Waals surface area contributed by atoms with Crippen molar-refractivity contribution in [3.8, 4) is 5.75 Å². The summed E-state index contributed by atoms with van der Waals surface area (Å²) < 4.78 is 16.5. The van der Waals surface area contributed by atoms with E-state index < -0.39 is 0 Å². The Morgan fingerprint density at radius 1 is 1.05 bits per heavy atom. The Kier molecular flexibility index (Phi) is 9.87. The molecule has 0 amide bonds. The molecular weight excluding hydrogens is 266 g/mol. The molecule has 0 radical (unpaired) electrons. The second-order valence-electron chi connectivity index (χ2n) is 4.89. The van der Waals surface area contributed by atoms with Gasteiger partial charge in [0.25, 0.3) is 0 Å². The molecule has 21 heavy (non-hydrogen) atoms. The van der Waals surface area contributed by atoms with Gasteiger partial charge in [-0.3, -0.25) is 0 Å². The standard InChI is InChI=1S/C17H29NO3/c1-4-11-20-12-10-16(18-5-2)15-8-6-7-9-17(15)21-14-13-19-3/h6-9,16,18H,4-5,10-14H2,1-3H3. The predicted molar refractivity (Wildman–Crippen MR) is 86.0 cm³/mol. The first-order valence-electron chi connectivity index (χ1n) is 7.85. The summed E-state index contributed by atoms with van der Waals surface area (Å²) in [6, 6.07) is 8.45. The van der Waals surface area contributed by atoms with Crippen LogP contribution in [0.3, 0.4) is 0 Å². The van der Waals surface area contributed by atoms with E-state index in [-0.39, 0.29) is 6.04 Å². The molecule has 1 aromatic carbocycles. The van der Waals surface area contributed by atoms with Gasteiger partial charge in [-0.1, -0.05) is 32.0 Å². The summed E-state index contributed by atoms with van der Waals surface area (Å²) in [6.45, 7) is 7.92. The molecule has 120 valence electrons. The van der Waals surface area contributed by atoms with Crippen molar-refractivity contribution in [3.05, 3.63) is 29.8 Å².